The molecule has 0 unspecified atom stereocenters. The number of hydrogen-bond donors (Lipinski definition) is 0. The molecule has 6 heteroatoms. The van der Waals surface area contributed by atoms with Crippen molar-refractivity contribution < 1.29 is 4.74 Å². The first kappa shape index (κ1) is 33.4. The monoisotopic (exact) mass is 745 g/mol. The molecule has 0 fully saturated rings. The van der Waals surface area contributed by atoms with Crippen molar-refractivity contribution in [3.05, 3.63) is 212 Å². The second kappa shape index (κ2) is 14.0. The van der Waals surface area contributed by atoms with Crippen molar-refractivity contribution in [1.82, 2.24) is 19.1 Å². The smallest absolute Gasteiger partial charge is 0.238 e. The van der Waals surface area contributed by atoms with Crippen LogP contribution in [0.15, 0.2) is 212 Å². The second-order valence-electron chi connectivity index (χ2n) is 14.3. The minimum absolute atomic E-state index is 0.440. The van der Waals surface area contributed by atoms with E-state index in [4.69, 9.17) is 14.7 Å². The number of benzene rings is 8. The molecule has 0 saturated heterocycles. The van der Waals surface area contributed by atoms with Gasteiger partial charge in [-0.15, -0.1) is 0 Å². The lowest BCUT2D eigenvalue weighted by Gasteiger charge is -2.24. The van der Waals surface area contributed by atoms with Gasteiger partial charge >= 0.3 is 0 Å². The van der Waals surface area contributed by atoms with Crippen LogP contribution in [0.2, 0.25) is 0 Å². The summed E-state index contributed by atoms with van der Waals surface area (Å²) in [6.07, 6.45) is 0. The molecule has 6 nitrogen and oxygen atoms in total. The van der Waals surface area contributed by atoms with Crippen LogP contribution in [-0.4, -0.2) is 19.1 Å². The van der Waals surface area contributed by atoms with Crippen LogP contribution in [0.5, 0.6) is 11.6 Å². The Bertz CT molecular complexity index is 3210. The van der Waals surface area contributed by atoms with Gasteiger partial charge in [-0.1, -0.05) is 127 Å². The predicted octanol–water partition coefficient (Wildman–Crippen LogP) is 13.6. The number of aromatic nitrogens is 4. The van der Waals surface area contributed by atoms with Gasteiger partial charge in [0.2, 0.25) is 11.8 Å². The molecule has 58 heavy (non-hydrogen) atoms. The molecule has 3 heterocycles. The van der Waals surface area contributed by atoms with Crippen LogP contribution in [-0.2, 0) is 0 Å². The Morgan fingerprint density at radius 1 is 0.379 bits per heavy atom. The lowest BCUT2D eigenvalue weighted by Crippen LogP contribution is -2.14. The molecule has 0 saturated carbocycles. The molecule has 0 N–H and O–H groups in total. The van der Waals surface area contributed by atoms with Crippen LogP contribution in [0.25, 0.3) is 66.2 Å². The maximum atomic E-state index is 6.75. The fourth-order valence-electron chi connectivity index (χ4n) is 8.23. The Balaban J connectivity index is 1.07. The molecule has 11 rings (SSSR count). The van der Waals surface area contributed by atoms with E-state index in [1.54, 1.807) is 0 Å². The van der Waals surface area contributed by atoms with Gasteiger partial charge < -0.3 is 13.9 Å². The summed E-state index contributed by atoms with van der Waals surface area (Å²) < 4.78 is 11.5. The third-order valence-corrected chi connectivity index (χ3v) is 10.8. The summed E-state index contributed by atoms with van der Waals surface area (Å²) in [5, 5.41) is 4.78. The van der Waals surface area contributed by atoms with Gasteiger partial charge in [-0.05, 0) is 72.8 Å². The van der Waals surface area contributed by atoms with Crippen LogP contribution in [0.1, 0.15) is 0 Å². The third-order valence-electron chi connectivity index (χ3n) is 10.8. The molecule has 0 aliphatic carbocycles. The van der Waals surface area contributed by atoms with Crippen molar-refractivity contribution in [1.29, 1.82) is 0 Å². The van der Waals surface area contributed by atoms with Gasteiger partial charge in [-0.25, -0.2) is 4.98 Å². The molecule has 0 aliphatic heterocycles. The zero-order valence-electron chi connectivity index (χ0n) is 31.4. The highest BCUT2D eigenvalue weighted by atomic mass is 16.5. The Morgan fingerprint density at radius 3 is 1.48 bits per heavy atom. The molecular formula is C52H35N5O. The van der Waals surface area contributed by atoms with E-state index >= 15 is 0 Å². The number of rotatable bonds is 8. The third kappa shape index (κ3) is 5.74. The number of hydrogen-bond acceptors (Lipinski definition) is 4. The Kier molecular flexibility index (Phi) is 8.04. The first-order valence-corrected chi connectivity index (χ1v) is 19.4. The van der Waals surface area contributed by atoms with Crippen LogP contribution in [0.4, 0.5) is 17.3 Å². The van der Waals surface area contributed by atoms with Gasteiger partial charge in [-0.2, -0.15) is 4.98 Å². The molecule has 0 radical (unpaired) electrons. The topological polar surface area (TPSA) is 48.1 Å². The Hall–Kier alpha value is -7.96. The summed E-state index contributed by atoms with van der Waals surface area (Å²) in [5.41, 5.74) is 10.3. The number of ether oxygens (including phenoxy) is 1. The quantitative estimate of drug-likeness (QED) is 0.155. The fraction of sp³-hybridized carbons (Fsp3) is 0. The second-order valence-corrected chi connectivity index (χ2v) is 14.3. The highest BCUT2D eigenvalue weighted by Gasteiger charge is 2.21. The lowest BCUT2D eigenvalue weighted by molar-refractivity contribution is 0.462. The van der Waals surface area contributed by atoms with E-state index in [-0.39, 0.29) is 0 Å². The molecule has 11 aromatic rings. The number of anilines is 3. The first-order chi connectivity index (χ1) is 28.8. The largest absolute Gasteiger partial charge is 0.439 e. The SMILES string of the molecule is c1ccc(-c2cc(Oc3cccc(-n4c5ccccc5c5cc6c(cc54)c4ccccc4n6-c4ccccc4)c3)nc(N(c3ccccc3)c3ccccc3)n2)cc1. The van der Waals surface area contributed by atoms with Crippen molar-refractivity contribution in [3.8, 4) is 34.3 Å². The Morgan fingerprint density at radius 2 is 0.879 bits per heavy atom. The molecule has 0 spiro atoms. The molecule has 8 aromatic carbocycles. The molecule has 3 aromatic heterocycles. The van der Waals surface area contributed by atoms with Crippen molar-refractivity contribution in [2.24, 2.45) is 0 Å². The van der Waals surface area contributed by atoms with E-state index in [9.17, 15) is 0 Å². The van der Waals surface area contributed by atoms with Gasteiger partial charge in [-0.3, -0.25) is 4.90 Å². The van der Waals surface area contributed by atoms with Gasteiger partial charge in [0.15, 0.2) is 0 Å². The maximum absolute atomic E-state index is 6.75. The Labute approximate surface area is 335 Å². The van der Waals surface area contributed by atoms with Crippen molar-refractivity contribution >= 4 is 60.9 Å². The molecule has 0 bridgehead atoms. The molecule has 274 valence electrons. The number of para-hydroxylation sites is 5. The summed E-state index contributed by atoms with van der Waals surface area (Å²) >= 11 is 0. The molecular weight excluding hydrogens is 711 g/mol. The van der Waals surface area contributed by atoms with E-state index in [2.05, 4.69) is 154 Å². The standard InChI is InChI=1S/C52H35N5O/c1-5-18-36(19-6-1)46-35-51(54-52(53-46)55(37-20-7-2-8-21-37)38-22-9-3-10-23-38)58-41-27-17-26-40(32-41)57-48-31-16-14-29-43(48)45-33-49-44(34-50(45)57)42-28-13-15-30-47(42)56(49)39-24-11-4-12-25-39/h1-35H. The summed E-state index contributed by atoms with van der Waals surface area (Å²) in [4.78, 5) is 12.3. The minimum Gasteiger partial charge on any atom is -0.439 e. The van der Waals surface area contributed by atoms with Gasteiger partial charge in [0.25, 0.3) is 0 Å². The van der Waals surface area contributed by atoms with Gasteiger partial charge in [0.1, 0.15) is 5.75 Å². The normalized spacial score (nSPS) is 11.4. The average Bonchev–Trinajstić information content (AvgIpc) is 3.79. The summed E-state index contributed by atoms with van der Waals surface area (Å²) in [7, 11) is 0. The van der Waals surface area contributed by atoms with E-state index in [1.165, 1.54) is 32.6 Å². The highest BCUT2D eigenvalue weighted by Crippen LogP contribution is 2.41. The zero-order chi connectivity index (χ0) is 38.4. The van der Waals surface area contributed by atoms with E-state index in [0.717, 1.165) is 45.0 Å². The van der Waals surface area contributed by atoms with Gasteiger partial charge in [0, 0.05) is 62.0 Å². The zero-order valence-corrected chi connectivity index (χ0v) is 31.4. The fourth-order valence-corrected chi connectivity index (χ4v) is 8.23. The number of nitrogens with zero attached hydrogens (tertiary/aromatic N) is 5. The number of fused-ring (bicyclic) bond motifs is 6. The minimum atomic E-state index is 0.440. The molecule has 0 aliphatic rings. The lowest BCUT2D eigenvalue weighted by atomic mass is 10.1. The van der Waals surface area contributed by atoms with Crippen LogP contribution >= 0.6 is 0 Å². The first-order valence-electron chi connectivity index (χ1n) is 19.4. The predicted molar refractivity (Wildman–Crippen MR) is 237 cm³/mol. The van der Waals surface area contributed by atoms with Crippen LogP contribution in [0.3, 0.4) is 0 Å². The van der Waals surface area contributed by atoms with E-state index < -0.39 is 0 Å². The van der Waals surface area contributed by atoms with Crippen molar-refractivity contribution in [2.45, 2.75) is 0 Å². The molecule has 0 amide bonds. The van der Waals surface area contributed by atoms with Gasteiger partial charge in [0.05, 0.1) is 27.8 Å². The maximum Gasteiger partial charge on any atom is 0.238 e. The van der Waals surface area contributed by atoms with E-state index in [1.807, 2.05) is 72.8 Å². The average molecular weight is 746 g/mol. The van der Waals surface area contributed by atoms with Crippen LogP contribution in [0, 0.1) is 0 Å². The molecule has 0 atom stereocenters. The summed E-state index contributed by atoms with van der Waals surface area (Å²) in [5.74, 6) is 1.61. The summed E-state index contributed by atoms with van der Waals surface area (Å²) in [6, 6.07) is 73.4. The van der Waals surface area contributed by atoms with E-state index in [0.29, 0.717) is 17.6 Å². The van der Waals surface area contributed by atoms with Crippen molar-refractivity contribution in [3.63, 3.8) is 0 Å². The van der Waals surface area contributed by atoms with Crippen molar-refractivity contribution in [2.75, 3.05) is 4.90 Å². The highest BCUT2D eigenvalue weighted by molar-refractivity contribution is 6.19. The van der Waals surface area contributed by atoms with Crippen LogP contribution < -0.4 is 9.64 Å². The summed E-state index contributed by atoms with van der Waals surface area (Å²) in [6.45, 7) is 0.